The number of aryl methyl sites for hydroxylation is 1. The molecule has 1 aromatic carbocycles. The molecule has 138 valence electrons. The van der Waals surface area contributed by atoms with Gasteiger partial charge in [-0.25, -0.2) is 4.98 Å². The number of halogens is 1. The topological polar surface area (TPSA) is 58.5 Å². The van der Waals surface area contributed by atoms with Gasteiger partial charge in [-0.1, -0.05) is 26.0 Å². The molecule has 0 radical (unpaired) electrons. The molecule has 0 amide bonds. The van der Waals surface area contributed by atoms with Crippen LogP contribution in [0, 0.1) is 12.8 Å². The Hall–Kier alpha value is -1.35. The number of guanidine groups is 1. The lowest BCUT2D eigenvalue weighted by Crippen LogP contribution is -2.36. The van der Waals surface area contributed by atoms with Crippen molar-refractivity contribution in [3.8, 4) is 5.75 Å². The highest BCUT2D eigenvalue weighted by molar-refractivity contribution is 14.0. The van der Waals surface area contributed by atoms with Gasteiger partial charge in [-0.15, -0.1) is 35.3 Å². The molecule has 2 aromatic rings. The van der Waals surface area contributed by atoms with Gasteiger partial charge in [0.2, 0.25) is 0 Å². The molecule has 0 atom stereocenters. The van der Waals surface area contributed by atoms with Crippen LogP contribution in [-0.4, -0.2) is 24.6 Å². The molecule has 0 spiro atoms. The molecule has 0 unspecified atom stereocenters. The minimum atomic E-state index is 0. The number of rotatable bonds is 7. The number of benzene rings is 1. The average molecular weight is 474 g/mol. The van der Waals surface area contributed by atoms with Crippen LogP contribution in [-0.2, 0) is 13.1 Å². The summed E-state index contributed by atoms with van der Waals surface area (Å²) in [7, 11) is 1.77. The molecule has 7 heteroatoms. The van der Waals surface area contributed by atoms with E-state index in [0.29, 0.717) is 19.0 Å². The van der Waals surface area contributed by atoms with Crippen LogP contribution in [0.25, 0.3) is 0 Å². The van der Waals surface area contributed by atoms with Crippen molar-refractivity contribution in [1.82, 2.24) is 15.6 Å². The van der Waals surface area contributed by atoms with Gasteiger partial charge in [0.1, 0.15) is 10.8 Å². The van der Waals surface area contributed by atoms with Gasteiger partial charge in [-0.3, -0.25) is 4.99 Å². The standard InChI is InChI=1S/C18H26N4OS.HI/c1-13(2)12-23-16-7-5-6-15(8-16)10-21-18(19-4)22-11-17-20-9-14(3)24-17;/h5-9,13H,10-12H2,1-4H3,(H2,19,21,22);1H. The molecule has 0 fully saturated rings. The zero-order valence-corrected chi connectivity index (χ0v) is 18.4. The van der Waals surface area contributed by atoms with Crippen LogP contribution in [0.15, 0.2) is 35.5 Å². The van der Waals surface area contributed by atoms with E-state index in [1.807, 2.05) is 18.3 Å². The van der Waals surface area contributed by atoms with E-state index in [-0.39, 0.29) is 24.0 Å². The van der Waals surface area contributed by atoms with Crippen molar-refractivity contribution in [2.24, 2.45) is 10.9 Å². The first-order valence-electron chi connectivity index (χ1n) is 8.14. The summed E-state index contributed by atoms with van der Waals surface area (Å²) in [6.45, 7) is 8.44. The smallest absolute Gasteiger partial charge is 0.191 e. The molecular formula is C18H27IN4OS. The second-order valence-corrected chi connectivity index (χ2v) is 7.32. The van der Waals surface area contributed by atoms with Gasteiger partial charge < -0.3 is 15.4 Å². The Morgan fingerprint density at radius 2 is 2.04 bits per heavy atom. The van der Waals surface area contributed by atoms with E-state index in [2.05, 4.69) is 53.5 Å². The first kappa shape index (κ1) is 21.7. The summed E-state index contributed by atoms with van der Waals surface area (Å²) in [4.78, 5) is 9.81. The predicted octanol–water partition coefficient (Wildman–Crippen LogP) is 3.97. The Labute approximate surface area is 171 Å². The van der Waals surface area contributed by atoms with Crippen LogP contribution in [0.4, 0.5) is 0 Å². The average Bonchev–Trinajstić information content (AvgIpc) is 2.99. The van der Waals surface area contributed by atoms with Crippen LogP contribution in [0.1, 0.15) is 29.3 Å². The van der Waals surface area contributed by atoms with Gasteiger partial charge in [0.05, 0.1) is 13.2 Å². The quantitative estimate of drug-likeness (QED) is 0.362. The number of hydrogen-bond acceptors (Lipinski definition) is 4. The molecule has 0 aliphatic carbocycles. The number of aliphatic imine (C=N–C) groups is 1. The Kier molecular flexibility index (Phi) is 9.81. The molecule has 5 nitrogen and oxygen atoms in total. The van der Waals surface area contributed by atoms with Crippen LogP contribution in [0.2, 0.25) is 0 Å². The van der Waals surface area contributed by atoms with E-state index in [1.165, 1.54) is 4.88 Å². The van der Waals surface area contributed by atoms with E-state index < -0.39 is 0 Å². The maximum atomic E-state index is 5.77. The molecule has 0 bridgehead atoms. The van der Waals surface area contributed by atoms with Gasteiger partial charge >= 0.3 is 0 Å². The lowest BCUT2D eigenvalue weighted by atomic mass is 10.2. The fourth-order valence-corrected chi connectivity index (χ4v) is 2.78. The predicted molar refractivity (Wildman–Crippen MR) is 116 cm³/mol. The Morgan fingerprint density at radius 1 is 1.28 bits per heavy atom. The summed E-state index contributed by atoms with van der Waals surface area (Å²) in [5.41, 5.74) is 1.16. The molecule has 0 aliphatic rings. The molecule has 1 heterocycles. The van der Waals surface area contributed by atoms with Crippen LogP contribution in [0.5, 0.6) is 5.75 Å². The van der Waals surface area contributed by atoms with Crippen LogP contribution < -0.4 is 15.4 Å². The normalized spacial score (nSPS) is 11.2. The highest BCUT2D eigenvalue weighted by Gasteiger charge is 2.03. The lowest BCUT2D eigenvalue weighted by Gasteiger charge is -2.13. The second-order valence-electron chi connectivity index (χ2n) is 6.00. The SMILES string of the molecule is CN=C(NCc1cccc(OCC(C)C)c1)NCc1ncc(C)s1.I. The van der Waals surface area contributed by atoms with Crippen LogP contribution in [0.3, 0.4) is 0 Å². The Bertz CT molecular complexity index is 673. The Balaban J connectivity index is 0.00000312. The molecule has 1 aromatic heterocycles. The monoisotopic (exact) mass is 474 g/mol. The summed E-state index contributed by atoms with van der Waals surface area (Å²) in [5.74, 6) is 2.19. The summed E-state index contributed by atoms with van der Waals surface area (Å²) in [6, 6.07) is 8.14. The number of ether oxygens (including phenoxy) is 1. The number of nitrogens with zero attached hydrogens (tertiary/aromatic N) is 2. The largest absolute Gasteiger partial charge is 0.493 e. The molecule has 0 saturated heterocycles. The summed E-state index contributed by atoms with van der Waals surface area (Å²) in [6.07, 6.45) is 1.89. The fraction of sp³-hybridized carbons (Fsp3) is 0.444. The van der Waals surface area contributed by atoms with Gasteiger partial charge in [-0.05, 0) is 30.5 Å². The minimum absolute atomic E-state index is 0. The molecule has 2 rings (SSSR count). The second kappa shape index (κ2) is 11.3. The summed E-state index contributed by atoms with van der Waals surface area (Å²) < 4.78 is 5.77. The third kappa shape index (κ3) is 8.04. The van der Waals surface area contributed by atoms with Crippen molar-refractivity contribution < 1.29 is 4.74 Å². The van der Waals surface area contributed by atoms with Crippen molar-refractivity contribution in [2.45, 2.75) is 33.9 Å². The molecule has 0 saturated carbocycles. The fourth-order valence-electron chi connectivity index (χ4n) is 2.06. The van der Waals surface area contributed by atoms with Crippen molar-refractivity contribution in [3.63, 3.8) is 0 Å². The van der Waals surface area contributed by atoms with Gasteiger partial charge in [0, 0.05) is 24.7 Å². The van der Waals surface area contributed by atoms with Gasteiger partial charge in [0.15, 0.2) is 5.96 Å². The third-order valence-electron chi connectivity index (χ3n) is 3.24. The molecule has 0 aliphatic heterocycles. The highest BCUT2D eigenvalue weighted by Crippen LogP contribution is 2.14. The van der Waals surface area contributed by atoms with Crippen LogP contribution >= 0.6 is 35.3 Å². The van der Waals surface area contributed by atoms with E-state index >= 15 is 0 Å². The number of nitrogens with one attached hydrogen (secondary N) is 2. The van der Waals surface area contributed by atoms with Crippen molar-refractivity contribution >= 4 is 41.3 Å². The molecular weight excluding hydrogens is 447 g/mol. The maximum Gasteiger partial charge on any atom is 0.191 e. The van der Waals surface area contributed by atoms with E-state index in [9.17, 15) is 0 Å². The summed E-state index contributed by atoms with van der Waals surface area (Å²) >= 11 is 1.69. The van der Waals surface area contributed by atoms with E-state index in [0.717, 1.165) is 28.9 Å². The molecule has 2 N–H and O–H groups in total. The van der Waals surface area contributed by atoms with Crippen molar-refractivity contribution in [2.75, 3.05) is 13.7 Å². The molecule has 25 heavy (non-hydrogen) atoms. The first-order chi connectivity index (χ1) is 11.6. The van der Waals surface area contributed by atoms with Crippen molar-refractivity contribution in [3.05, 3.63) is 45.9 Å². The first-order valence-corrected chi connectivity index (χ1v) is 8.96. The third-order valence-corrected chi connectivity index (χ3v) is 4.15. The number of aromatic nitrogens is 1. The number of hydrogen-bond donors (Lipinski definition) is 2. The number of thiazole rings is 1. The van der Waals surface area contributed by atoms with E-state index in [1.54, 1.807) is 18.4 Å². The van der Waals surface area contributed by atoms with Gasteiger partial charge in [-0.2, -0.15) is 0 Å². The maximum absolute atomic E-state index is 5.77. The van der Waals surface area contributed by atoms with E-state index in [4.69, 9.17) is 4.74 Å². The van der Waals surface area contributed by atoms with Crippen molar-refractivity contribution in [1.29, 1.82) is 0 Å². The van der Waals surface area contributed by atoms with Gasteiger partial charge in [0.25, 0.3) is 0 Å². The minimum Gasteiger partial charge on any atom is -0.493 e. The summed E-state index contributed by atoms with van der Waals surface area (Å²) in [5, 5.41) is 7.65. The highest BCUT2D eigenvalue weighted by atomic mass is 127. The zero-order valence-electron chi connectivity index (χ0n) is 15.2. The zero-order chi connectivity index (χ0) is 17.4. The Morgan fingerprint density at radius 3 is 2.68 bits per heavy atom. The lowest BCUT2D eigenvalue weighted by molar-refractivity contribution is 0.271.